The third-order valence-electron chi connectivity index (χ3n) is 7.00. The number of hydrogen-bond donors (Lipinski definition) is 3. The van der Waals surface area contributed by atoms with E-state index in [1.807, 2.05) is 24.3 Å². The number of carbonyl (C=O) groups excluding carboxylic acids is 2. The molecule has 0 radical (unpaired) electrons. The van der Waals surface area contributed by atoms with E-state index in [0.29, 0.717) is 12.8 Å². The van der Waals surface area contributed by atoms with Gasteiger partial charge in [0.1, 0.15) is 12.6 Å². The molecule has 2 aromatic carbocycles. The summed E-state index contributed by atoms with van der Waals surface area (Å²) in [5, 5.41) is 21.8. The van der Waals surface area contributed by atoms with E-state index in [4.69, 9.17) is 4.74 Å². The average molecular weight is 450 g/mol. The molecule has 3 N–H and O–H groups in total. The van der Waals surface area contributed by atoms with Crippen molar-refractivity contribution in [1.29, 1.82) is 0 Å². The normalized spacial score (nSPS) is 25.7. The number of rotatable bonds is 5. The monoisotopic (exact) mass is 450 g/mol. The van der Waals surface area contributed by atoms with Gasteiger partial charge in [0.25, 0.3) is 0 Å². The molecule has 1 heterocycles. The van der Waals surface area contributed by atoms with Crippen molar-refractivity contribution in [1.82, 2.24) is 10.2 Å². The number of nitrogens with zero attached hydrogens (tertiary/aromatic N) is 1. The molecule has 0 bridgehead atoms. The Hall–Kier alpha value is -3.39. The van der Waals surface area contributed by atoms with Crippen molar-refractivity contribution in [2.45, 2.75) is 43.4 Å². The van der Waals surface area contributed by atoms with Gasteiger partial charge in [-0.05, 0) is 35.1 Å². The third kappa shape index (κ3) is 3.95. The number of hydrogen-bond acceptors (Lipinski definition) is 5. The van der Waals surface area contributed by atoms with Gasteiger partial charge in [0.15, 0.2) is 0 Å². The Bertz CT molecular complexity index is 1050. The Kier molecular flexibility index (Phi) is 5.54. The molecule has 2 aliphatic carbocycles. The van der Waals surface area contributed by atoms with E-state index >= 15 is 0 Å². The summed E-state index contributed by atoms with van der Waals surface area (Å²) in [4.78, 5) is 37.7. The smallest absolute Gasteiger partial charge is 0.407 e. The summed E-state index contributed by atoms with van der Waals surface area (Å²) in [7, 11) is 0. The van der Waals surface area contributed by atoms with Crippen molar-refractivity contribution in [3.05, 3.63) is 59.7 Å². The SMILES string of the molecule is O=C(NC1CC(C(=O)N2C[C@@H](O)C[C@H]2C(=O)O)C1)OCC1c2ccccc2-c2ccccc21. The number of fused-ring (bicyclic) bond motifs is 3. The highest BCUT2D eigenvalue weighted by Gasteiger charge is 2.45. The Balaban J connectivity index is 1.13. The van der Waals surface area contributed by atoms with Crippen molar-refractivity contribution >= 4 is 18.0 Å². The summed E-state index contributed by atoms with van der Waals surface area (Å²) in [6.45, 7) is 0.262. The van der Waals surface area contributed by atoms with E-state index in [2.05, 4.69) is 29.6 Å². The number of amides is 2. The van der Waals surface area contributed by atoms with E-state index in [1.54, 1.807) is 0 Å². The van der Waals surface area contributed by atoms with Crippen LogP contribution < -0.4 is 5.32 Å². The highest BCUT2D eigenvalue weighted by Crippen LogP contribution is 2.44. The Morgan fingerprint density at radius 2 is 1.58 bits per heavy atom. The van der Waals surface area contributed by atoms with Crippen LogP contribution in [0.5, 0.6) is 0 Å². The number of aliphatic hydroxyl groups is 1. The largest absolute Gasteiger partial charge is 0.480 e. The summed E-state index contributed by atoms with van der Waals surface area (Å²) in [5.41, 5.74) is 4.60. The summed E-state index contributed by atoms with van der Waals surface area (Å²) in [5.74, 6) is -1.75. The lowest BCUT2D eigenvalue weighted by atomic mass is 9.79. The number of benzene rings is 2. The van der Waals surface area contributed by atoms with Crippen molar-refractivity contribution < 1.29 is 29.3 Å². The second-order valence-electron chi connectivity index (χ2n) is 9.07. The van der Waals surface area contributed by atoms with E-state index in [-0.39, 0.29) is 43.4 Å². The molecule has 172 valence electrons. The molecule has 1 aliphatic heterocycles. The molecule has 1 saturated carbocycles. The molecular formula is C25H26N2O6. The molecule has 8 nitrogen and oxygen atoms in total. The lowest BCUT2D eigenvalue weighted by Crippen LogP contribution is -2.52. The average Bonchev–Trinajstić information content (AvgIpc) is 3.32. The van der Waals surface area contributed by atoms with Crippen LogP contribution in [0.15, 0.2) is 48.5 Å². The predicted octanol–water partition coefficient (Wildman–Crippen LogP) is 2.35. The quantitative estimate of drug-likeness (QED) is 0.644. The fourth-order valence-corrected chi connectivity index (χ4v) is 5.27. The molecule has 0 spiro atoms. The van der Waals surface area contributed by atoms with Gasteiger partial charge in [-0.1, -0.05) is 48.5 Å². The zero-order chi connectivity index (χ0) is 23.1. The topological polar surface area (TPSA) is 116 Å². The van der Waals surface area contributed by atoms with Gasteiger partial charge in [-0.25, -0.2) is 9.59 Å². The number of aliphatic hydroxyl groups excluding tert-OH is 1. The fourth-order valence-electron chi connectivity index (χ4n) is 5.27. The Labute approximate surface area is 191 Å². The summed E-state index contributed by atoms with van der Waals surface area (Å²) in [6, 6.07) is 15.1. The second kappa shape index (κ2) is 8.51. The molecule has 0 unspecified atom stereocenters. The van der Waals surface area contributed by atoms with Gasteiger partial charge in [-0.3, -0.25) is 4.79 Å². The first-order chi connectivity index (χ1) is 15.9. The zero-order valence-corrected chi connectivity index (χ0v) is 18.0. The van der Waals surface area contributed by atoms with Crippen molar-refractivity contribution in [3.63, 3.8) is 0 Å². The van der Waals surface area contributed by atoms with Crippen LogP contribution in [0.3, 0.4) is 0 Å². The van der Waals surface area contributed by atoms with Gasteiger partial charge >= 0.3 is 12.1 Å². The standard InChI is InChI=1S/C25H26N2O6/c28-16-11-22(24(30)31)27(12-16)23(29)14-9-15(10-14)26-25(32)33-13-21-19-7-3-1-5-17(19)18-6-2-4-8-20(18)21/h1-8,14-16,21-22,28H,9-13H2,(H,26,32)(H,30,31)/t14?,15?,16-,22-/m0/s1. The zero-order valence-electron chi connectivity index (χ0n) is 18.0. The molecule has 2 amide bonds. The first kappa shape index (κ1) is 21.5. The van der Waals surface area contributed by atoms with Crippen molar-refractivity contribution in [2.24, 2.45) is 5.92 Å². The van der Waals surface area contributed by atoms with Crippen LogP contribution in [-0.4, -0.2) is 64.4 Å². The van der Waals surface area contributed by atoms with E-state index in [1.165, 1.54) is 4.90 Å². The van der Waals surface area contributed by atoms with E-state index in [9.17, 15) is 24.6 Å². The minimum absolute atomic E-state index is 0.0200. The van der Waals surface area contributed by atoms with Gasteiger partial charge in [0.2, 0.25) is 5.91 Å². The molecular weight excluding hydrogens is 424 g/mol. The van der Waals surface area contributed by atoms with Crippen molar-refractivity contribution in [3.8, 4) is 11.1 Å². The van der Waals surface area contributed by atoms with Crippen LogP contribution >= 0.6 is 0 Å². The van der Waals surface area contributed by atoms with Gasteiger partial charge in [0, 0.05) is 30.8 Å². The molecule has 5 rings (SSSR count). The first-order valence-corrected chi connectivity index (χ1v) is 11.2. The van der Waals surface area contributed by atoms with Crippen LogP contribution in [0.25, 0.3) is 11.1 Å². The number of carboxylic acids is 1. The number of aliphatic carboxylic acids is 1. The minimum Gasteiger partial charge on any atom is -0.480 e. The minimum atomic E-state index is -1.10. The molecule has 0 aromatic heterocycles. The maximum Gasteiger partial charge on any atom is 0.407 e. The maximum absolute atomic E-state index is 12.7. The first-order valence-electron chi connectivity index (χ1n) is 11.2. The van der Waals surface area contributed by atoms with Crippen LogP contribution in [0.1, 0.15) is 36.3 Å². The number of likely N-dealkylation sites (tertiary alicyclic amines) is 1. The molecule has 8 heteroatoms. The van der Waals surface area contributed by atoms with Gasteiger partial charge in [-0.15, -0.1) is 0 Å². The van der Waals surface area contributed by atoms with Gasteiger partial charge in [0.05, 0.1) is 6.10 Å². The predicted molar refractivity (Wildman–Crippen MR) is 118 cm³/mol. The molecule has 33 heavy (non-hydrogen) atoms. The second-order valence-corrected chi connectivity index (χ2v) is 9.07. The van der Waals surface area contributed by atoms with E-state index < -0.39 is 24.2 Å². The summed E-state index contributed by atoms with van der Waals surface area (Å²) in [6.07, 6.45) is -0.420. The highest BCUT2D eigenvalue weighted by atomic mass is 16.5. The molecule has 1 saturated heterocycles. The number of alkyl carbamates (subject to hydrolysis) is 1. The number of carbonyl (C=O) groups is 3. The van der Waals surface area contributed by atoms with Crippen LogP contribution in [0.4, 0.5) is 4.79 Å². The van der Waals surface area contributed by atoms with Crippen LogP contribution in [0.2, 0.25) is 0 Å². The van der Waals surface area contributed by atoms with Crippen molar-refractivity contribution in [2.75, 3.05) is 13.2 Å². The Morgan fingerprint density at radius 1 is 0.970 bits per heavy atom. The van der Waals surface area contributed by atoms with Crippen LogP contribution in [0, 0.1) is 5.92 Å². The lowest BCUT2D eigenvalue weighted by molar-refractivity contribution is -0.151. The molecule has 2 aromatic rings. The molecule has 2 atom stereocenters. The summed E-state index contributed by atoms with van der Waals surface area (Å²) < 4.78 is 5.55. The fraction of sp³-hybridized carbons (Fsp3) is 0.400. The number of β-amino-alcohol motifs (C(OH)–C–C–N with tert-alkyl or cyclic N) is 1. The van der Waals surface area contributed by atoms with Crippen LogP contribution in [-0.2, 0) is 14.3 Å². The lowest BCUT2D eigenvalue weighted by Gasteiger charge is -2.37. The molecule has 2 fully saturated rings. The van der Waals surface area contributed by atoms with E-state index in [0.717, 1.165) is 22.3 Å². The number of carboxylic acid groups (broad SMARTS) is 1. The third-order valence-corrected chi connectivity index (χ3v) is 7.00. The molecule has 3 aliphatic rings. The highest BCUT2D eigenvalue weighted by molar-refractivity contribution is 5.86. The maximum atomic E-state index is 12.7. The van der Waals surface area contributed by atoms with Gasteiger partial charge in [-0.2, -0.15) is 0 Å². The summed E-state index contributed by atoms with van der Waals surface area (Å²) >= 11 is 0. The Morgan fingerprint density at radius 3 is 2.18 bits per heavy atom. The number of ether oxygens (including phenoxy) is 1. The van der Waals surface area contributed by atoms with Gasteiger partial charge < -0.3 is 25.2 Å². The number of nitrogens with one attached hydrogen (secondary N) is 1.